The number of carbonyl (C=O) groups excluding carboxylic acids is 2. The molecular formula is C22H46N4O2. The van der Waals surface area contributed by atoms with Gasteiger partial charge in [-0.1, -0.05) is 79.1 Å². The van der Waals surface area contributed by atoms with Crippen LogP contribution in [0.1, 0.15) is 91.9 Å². The van der Waals surface area contributed by atoms with Gasteiger partial charge in [0.15, 0.2) is 0 Å². The lowest BCUT2D eigenvalue weighted by Gasteiger charge is -2.15. The molecule has 0 rings (SSSR count). The van der Waals surface area contributed by atoms with Gasteiger partial charge in [0.1, 0.15) is 0 Å². The normalized spacial score (nSPS) is 13.6. The molecule has 6 heteroatoms. The minimum atomic E-state index is -0.395. The Labute approximate surface area is 173 Å². The van der Waals surface area contributed by atoms with Gasteiger partial charge in [-0.2, -0.15) is 0 Å². The molecule has 6 N–H and O–H groups in total. The third kappa shape index (κ3) is 13.9. The lowest BCUT2D eigenvalue weighted by atomic mass is 10.0. The molecule has 0 aromatic carbocycles. The van der Waals surface area contributed by atoms with E-state index in [0.29, 0.717) is 0 Å². The predicted octanol–water partition coefficient (Wildman–Crippen LogP) is 3.09. The monoisotopic (exact) mass is 398 g/mol. The highest BCUT2D eigenvalue weighted by Gasteiger charge is 2.16. The number of amides is 2. The zero-order chi connectivity index (χ0) is 21.4. The maximum Gasteiger partial charge on any atom is 0.237 e. The molecule has 166 valence electrons. The van der Waals surface area contributed by atoms with Crippen LogP contribution >= 0.6 is 0 Å². The maximum atomic E-state index is 11.7. The molecule has 28 heavy (non-hydrogen) atoms. The Bertz CT molecular complexity index is 375. The maximum absolute atomic E-state index is 11.7. The second-order valence-corrected chi connectivity index (χ2v) is 8.66. The van der Waals surface area contributed by atoms with Crippen molar-refractivity contribution in [1.82, 2.24) is 10.6 Å². The molecule has 0 saturated heterocycles. The number of nitrogens with one attached hydrogen (secondary N) is 2. The van der Waals surface area contributed by atoms with E-state index >= 15 is 0 Å². The standard InChI is InChI=1S/C22H46N4O2/c1-17(2)19(23)21(27)25-15-13-11-9-7-5-6-8-10-12-14-16-26-22(28)20(24)18(3)4/h17-20H,5-16,23-24H2,1-4H3,(H,25,27)(H,26,28)/t19-,20-/m0/s1. The van der Waals surface area contributed by atoms with Crippen LogP contribution in [-0.4, -0.2) is 37.0 Å². The highest BCUT2D eigenvalue weighted by Crippen LogP contribution is 2.10. The molecule has 0 bridgehead atoms. The van der Waals surface area contributed by atoms with E-state index in [1.54, 1.807) is 0 Å². The summed E-state index contributed by atoms with van der Waals surface area (Å²) in [6.45, 7) is 9.32. The van der Waals surface area contributed by atoms with Crippen molar-refractivity contribution in [1.29, 1.82) is 0 Å². The van der Waals surface area contributed by atoms with Gasteiger partial charge in [-0.3, -0.25) is 9.59 Å². The highest BCUT2D eigenvalue weighted by molar-refractivity contribution is 5.82. The van der Waals surface area contributed by atoms with Crippen molar-refractivity contribution in [3.8, 4) is 0 Å². The van der Waals surface area contributed by atoms with Crippen LogP contribution < -0.4 is 22.1 Å². The molecule has 0 aromatic heterocycles. The van der Waals surface area contributed by atoms with E-state index in [2.05, 4.69) is 10.6 Å². The fourth-order valence-corrected chi connectivity index (χ4v) is 2.93. The number of rotatable bonds is 17. The Morgan fingerprint density at radius 1 is 0.571 bits per heavy atom. The van der Waals surface area contributed by atoms with E-state index in [-0.39, 0.29) is 23.7 Å². The first-order chi connectivity index (χ1) is 13.3. The highest BCUT2D eigenvalue weighted by atomic mass is 16.2. The molecule has 0 radical (unpaired) electrons. The SMILES string of the molecule is CC(C)[C@H](N)C(=O)NCCCCCCCCCCCCNC(=O)[C@@H](N)C(C)C. The van der Waals surface area contributed by atoms with Crippen LogP contribution in [0.15, 0.2) is 0 Å². The first kappa shape index (κ1) is 26.9. The molecular weight excluding hydrogens is 352 g/mol. The van der Waals surface area contributed by atoms with Crippen LogP contribution in [0.25, 0.3) is 0 Å². The predicted molar refractivity (Wildman–Crippen MR) is 118 cm³/mol. The largest absolute Gasteiger partial charge is 0.355 e. The quantitative estimate of drug-likeness (QED) is 0.282. The fourth-order valence-electron chi connectivity index (χ4n) is 2.93. The molecule has 0 aromatic rings. The van der Waals surface area contributed by atoms with Gasteiger partial charge >= 0.3 is 0 Å². The first-order valence-corrected chi connectivity index (χ1v) is 11.3. The van der Waals surface area contributed by atoms with Crippen LogP contribution in [0.3, 0.4) is 0 Å². The molecule has 2 amide bonds. The average Bonchev–Trinajstić information content (AvgIpc) is 2.66. The summed E-state index contributed by atoms with van der Waals surface area (Å²) in [7, 11) is 0. The number of unbranched alkanes of at least 4 members (excludes halogenated alkanes) is 9. The smallest absolute Gasteiger partial charge is 0.237 e. The number of carbonyl (C=O) groups is 2. The van der Waals surface area contributed by atoms with Crippen molar-refractivity contribution in [2.45, 2.75) is 104 Å². The van der Waals surface area contributed by atoms with E-state index in [9.17, 15) is 9.59 Å². The van der Waals surface area contributed by atoms with Gasteiger partial charge in [-0.25, -0.2) is 0 Å². The van der Waals surface area contributed by atoms with Crippen molar-refractivity contribution >= 4 is 11.8 Å². The Morgan fingerprint density at radius 2 is 0.821 bits per heavy atom. The second-order valence-electron chi connectivity index (χ2n) is 8.66. The topological polar surface area (TPSA) is 110 Å². The minimum Gasteiger partial charge on any atom is -0.355 e. The van der Waals surface area contributed by atoms with E-state index < -0.39 is 12.1 Å². The molecule has 6 nitrogen and oxygen atoms in total. The van der Waals surface area contributed by atoms with Crippen LogP contribution in [0.2, 0.25) is 0 Å². The zero-order valence-corrected chi connectivity index (χ0v) is 18.8. The van der Waals surface area contributed by atoms with Crippen molar-refractivity contribution in [2.24, 2.45) is 23.3 Å². The molecule has 2 atom stereocenters. The summed E-state index contributed by atoms with van der Waals surface area (Å²) in [6.07, 6.45) is 11.9. The van der Waals surface area contributed by atoms with Gasteiger partial charge in [0.25, 0.3) is 0 Å². The summed E-state index contributed by atoms with van der Waals surface area (Å²) in [6, 6.07) is -0.789. The molecule has 0 heterocycles. The zero-order valence-electron chi connectivity index (χ0n) is 18.8. The Balaban J connectivity index is 3.32. The fraction of sp³-hybridized carbons (Fsp3) is 0.909. The van der Waals surface area contributed by atoms with E-state index in [0.717, 1.165) is 38.8 Å². The molecule has 0 saturated carbocycles. The molecule has 0 aliphatic rings. The number of hydrogen-bond donors (Lipinski definition) is 4. The van der Waals surface area contributed by atoms with Gasteiger partial charge in [0.2, 0.25) is 11.8 Å². The van der Waals surface area contributed by atoms with Crippen LogP contribution in [0, 0.1) is 11.8 Å². The third-order valence-electron chi connectivity index (χ3n) is 5.24. The van der Waals surface area contributed by atoms with Gasteiger partial charge < -0.3 is 22.1 Å². The van der Waals surface area contributed by atoms with Gasteiger partial charge in [0, 0.05) is 13.1 Å². The van der Waals surface area contributed by atoms with Gasteiger partial charge in [-0.15, -0.1) is 0 Å². The Morgan fingerprint density at radius 3 is 1.07 bits per heavy atom. The number of nitrogens with two attached hydrogens (primary N) is 2. The lowest BCUT2D eigenvalue weighted by Crippen LogP contribution is -2.44. The summed E-state index contributed by atoms with van der Waals surface area (Å²) in [5.41, 5.74) is 11.6. The summed E-state index contributed by atoms with van der Waals surface area (Å²) in [5, 5.41) is 5.84. The summed E-state index contributed by atoms with van der Waals surface area (Å²) in [4.78, 5) is 23.4. The van der Waals surface area contributed by atoms with E-state index in [1.165, 1.54) is 38.5 Å². The average molecular weight is 399 g/mol. The van der Waals surface area contributed by atoms with E-state index in [1.807, 2.05) is 27.7 Å². The molecule has 0 aliphatic carbocycles. The molecule has 0 fully saturated rings. The Kier molecular flexibility index (Phi) is 16.1. The van der Waals surface area contributed by atoms with E-state index in [4.69, 9.17) is 11.5 Å². The van der Waals surface area contributed by atoms with Crippen molar-refractivity contribution < 1.29 is 9.59 Å². The van der Waals surface area contributed by atoms with Gasteiger partial charge in [0.05, 0.1) is 12.1 Å². The van der Waals surface area contributed by atoms with Crippen LogP contribution in [0.5, 0.6) is 0 Å². The molecule has 0 unspecified atom stereocenters. The summed E-state index contributed by atoms with van der Waals surface area (Å²) >= 11 is 0. The van der Waals surface area contributed by atoms with Crippen LogP contribution in [-0.2, 0) is 9.59 Å². The number of hydrogen-bond acceptors (Lipinski definition) is 4. The van der Waals surface area contributed by atoms with Crippen molar-refractivity contribution in [2.75, 3.05) is 13.1 Å². The second kappa shape index (κ2) is 16.8. The summed E-state index contributed by atoms with van der Waals surface area (Å²) in [5.74, 6) is 0.304. The van der Waals surface area contributed by atoms with Crippen molar-refractivity contribution in [3.63, 3.8) is 0 Å². The third-order valence-corrected chi connectivity index (χ3v) is 5.24. The summed E-state index contributed by atoms with van der Waals surface area (Å²) < 4.78 is 0. The van der Waals surface area contributed by atoms with Crippen molar-refractivity contribution in [3.05, 3.63) is 0 Å². The van der Waals surface area contributed by atoms with Crippen LogP contribution in [0.4, 0.5) is 0 Å². The minimum absolute atomic E-state index is 0.0302. The Hall–Kier alpha value is -1.14. The lowest BCUT2D eigenvalue weighted by molar-refractivity contribution is -0.124. The molecule has 0 aliphatic heterocycles. The first-order valence-electron chi connectivity index (χ1n) is 11.3. The molecule has 0 spiro atoms. The van der Waals surface area contributed by atoms with Gasteiger partial charge in [-0.05, 0) is 24.7 Å².